The molecule has 1 aromatic rings. The maximum absolute atomic E-state index is 5.91. The molecule has 0 aromatic heterocycles. The maximum Gasteiger partial charge on any atom is 0.0409 e. The first-order chi connectivity index (χ1) is 7.03. The van der Waals surface area contributed by atoms with Crippen LogP contribution in [-0.4, -0.2) is 11.4 Å². The lowest BCUT2D eigenvalue weighted by Crippen LogP contribution is -2.39. The van der Waals surface area contributed by atoms with Crippen molar-refractivity contribution in [1.29, 1.82) is 0 Å². The normalized spacial score (nSPS) is 11.7. The van der Waals surface area contributed by atoms with Crippen LogP contribution in [0.1, 0.15) is 25.8 Å². The van der Waals surface area contributed by atoms with Crippen molar-refractivity contribution in [2.45, 2.75) is 32.4 Å². The van der Waals surface area contributed by atoms with E-state index in [4.69, 9.17) is 23.2 Å². The van der Waals surface area contributed by atoms with Gasteiger partial charge in [0.2, 0.25) is 0 Å². The molecule has 1 nitrogen and oxygen atoms in total. The van der Waals surface area contributed by atoms with Crippen LogP contribution >= 0.6 is 23.2 Å². The number of halogens is 2. The minimum atomic E-state index is 0.0735. The van der Waals surface area contributed by atoms with Gasteiger partial charge in [-0.25, -0.2) is 0 Å². The summed E-state index contributed by atoms with van der Waals surface area (Å²) in [6.07, 6.45) is 0.953. The van der Waals surface area contributed by atoms with E-state index >= 15 is 0 Å². The predicted octanol–water partition coefficient (Wildman–Crippen LogP) is 3.84. The summed E-state index contributed by atoms with van der Waals surface area (Å²) < 4.78 is 0. The Labute approximate surface area is 102 Å². The third-order valence-electron chi connectivity index (χ3n) is 2.38. The Morgan fingerprint density at radius 1 is 1.33 bits per heavy atom. The Balaban J connectivity index is 2.49. The topological polar surface area (TPSA) is 12.0 Å². The predicted molar refractivity (Wildman–Crippen MR) is 67.7 cm³/mol. The van der Waals surface area contributed by atoms with E-state index in [0.29, 0.717) is 5.88 Å². The van der Waals surface area contributed by atoms with Gasteiger partial charge in [-0.05, 0) is 38.0 Å². The number of alkyl halides is 1. The van der Waals surface area contributed by atoms with Gasteiger partial charge in [0.15, 0.2) is 0 Å². The van der Waals surface area contributed by atoms with Crippen LogP contribution in [0.3, 0.4) is 0 Å². The van der Waals surface area contributed by atoms with Crippen LogP contribution < -0.4 is 5.32 Å². The molecule has 0 saturated heterocycles. The number of hydrogen-bond donors (Lipinski definition) is 1. The monoisotopic (exact) mass is 245 g/mol. The fraction of sp³-hybridized carbons (Fsp3) is 0.500. The molecule has 0 unspecified atom stereocenters. The van der Waals surface area contributed by atoms with Gasteiger partial charge in [-0.2, -0.15) is 0 Å². The molecule has 0 radical (unpaired) electrons. The second-order valence-corrected chi connectivity index (χ2v) is 5.12. The average molecular weight is 246 g/mol. The third-order valence-corrected chi connectivity index (χ3v) is 2.80. The summed E-state index contributed by atoms with van der Waals surface area (Å²) in [7, 11) is 0. The standard InChI is InChI=1S/C12H17Cl2N/c1-12(2,6-7-13)15-9-10-4-3-5-11(14)8-10/h3-5,8,15H,6-7,9H2,1-2H3. The van der Waals surface area contributed by atoms with Crippen molar-refractivity contribution < 1.29 is 0 Å². The van der Waals surface area contributed by atoms with E-state index in [-0.39, 0.29) is 5.54 Å². The highest BCUT2D eigenvalue weighted by Gasteiger charge is 2.15. The van der Waals surface area contributed by atoms with Crippen LogP contribution in [0.15, 0.2) is 24.3 Å². The first kappa shape index (κ1) is 12.8. The fourth-order valence-electron chi connectivity index (χ4n) is 1.31. The zero-order valence-corrected chi connectivity index (χ0v) is 10.7. The zero-order valence-electron chi connectivity index (χ0n) is 9.19. The van der Waals surface area contributed by atoms with E-state index in [0.717, 1.165) is 18.0 Å². The largest absolute Gasteiger partial charge is 0.308 e. The van der Waals surface area contributed by atoms with Crippen molar-refractivity contribution >= 4 is 23.2 Å². The van der Waals surface area contributed by atoms with Crippen LogP contribution in [0, 0.1) is 0 Å². The molecular formula is C12H17Cl2N. The number of rotatable bonds is 5. The van der Waals surface area contributed by atoms with Crippen molar-refractivity contribution in [3.63, 3.8) is 0 Å². The highest BCUT2D eigenvalue weighted by molar-refractivity contribution is 6.30. The molecule has 0 spiro atoms. The Hall–Kier alpha value is -0.240. The molecule has 0 bridgehead atoms. The van der Waals surface area contributed by atoms with Gasteiger partial charge < -0.3 is 5.32 Å². The summed E-state index contributed by atoms with van der Waals surface area (Å²) in [5, 5.41) is 4.24. The van der Waals surface area contributed by atoms with Crippen LogP contribution in [0.2, 0.25) is 5.02 Å². The summed E-state index contributed by atoms with van der Waals surface area (Å²) in [6, 6.07) is 7.89. The molecule has 84 valence electrons. The molecule has 0 heterocycles. The van der Waals surface area contributed by atoms with Crippen molar-refractivity contribution in [1.82, 2.24) is 5.32 Å². The molecule has 0 saturated carbocycles. The highest BCUT2D eigenvalue weighted by Crippen LogP contribution is 2.13. The minimum absolute atomic E-state index is 0.0735. The van der Waals surface area contributed by atoms with E-state index < -0.39 is 0 Å². The fourth-order valence-corrected chi connectivity index (χ4v) is 2.00. The van der Waals surface area contributed by atoms with Crippen LogP contribution in [0.25, 0.3) is 0 Å². The molecule has 0 aliphatic heterocycles. The SMILES string of the molecule is CC(C)(CCCl)NCc1cccc(Cl)c1. The van der Waals surface area contributed by atoms with E-state index in [1.807, 2.05) is 18.2 Å². The molecule has 0 amide bonds. The number of nitrogens with one attached hydrogen (secondary N) is 1. The minimum Gasteiger partial charge on any atom is -0.308 e. The molecule has 0 atom stereocenters. The van der Waals surface area contributed by atoms with Crippen molar-refractivity contribution in [3.05, 3.63) is 34.9 Å². The van der Waals surface area contributed by atoms with Gasteiger partial charge >= 0.3 is 0 Å². The molecule has 15 heavy (non-hydrogen) atoms. The van der Waals surface area contributed by atoms with E-state index in [1.54, 1.807) is 0 Å². The molecule has 1 rings (SSSR count). The zero-order chi connectivity index (χ0) is 11.3. The molecule has 0 aliphatic carbocycles. The Morgan fingerprint density at radius 3 is 2.67 bits per heavy atom. The summed E-state index contributed by atoms with van der Waals surface area (Å²) in [5.74, 6) is 0.676. The lowest BCUT2D eigenvalue weighted by atomic mass is 10.0. The van der Waals surface area contributed by atoms with Crippen molar-refractivity contribution in [2.24, 2.45) is 0 Å². The lowest BCUT2D eigenvalue weighted by molar-refractivity contribution is 0.376. The van der Waals surface area contributed by atoms with Crippen molar-refractivity contribution in [2.75, 3.05) is 5.88 Å². The lowest BCUT2D eigenvalue weighted by Gasteiger charge is -2.25. The van der Waals surface area contributed by atoms with Crippen LogP contribution in [0.5, 0.6) is 0 Å². The second-order valence-electron chi connectivity index (χ2n) is 4.31. The van der Waals surface area contributed by atoms with Gasteiger partial charge in [0, 0.05) is 23.0 Å². The van der Waals surface area contributed by atoms with Gasteiger partial charge in [-0.15, -0.1) is 11.6 Å². The maximum atomic E-state index is 5.91. The summed E-state index contributed by atoms with van der Waals surface area (Å²) >= 11 is 11.6. The average Bonchev–Trinajstić information content (AvgIpc) is 2.15. The van der Waals surface area contributed by atoms with Gasteiger partial charge in [-0.3, -0.25) is 0 Å². The number of benzene rings is 1. The summed E-state index contributed by atoms with van der Waals surface area (Å²) in [4.78, 5) is 0. The Kier molecular flexibility index (Phi) is 4.91. The molecular weight excluding hydrogens is 229 g/mol. The van der Waals surface area contributed by atoms with Gasteiger partial charge in [0.1, 0.15) is 0 Å². The van der Waals surface area contributed by atoms with E-state index in [9.17, 15) is 0 Å². The smallest absolute Gasteiger partial charge is 0.0409 e. The molecule has 0 fully saturated rings. The Morgan fingerprint density at radius 2 is 2.07 bits per heavy atom. The van der Waals surface area contributed by atoms with E-state index in [1.165, 1.54) is 5.56 Å². The van der Waals surface area contributed by atoms with Crippen molar-refractivity contribution in [3.8, 4) is 0 Å². The summed E-state index contributed by atoms with van der Waals surface area (Å²) in [5.41, 5.74) is 1.27. The third kappa shape index (κ3) is 4.87. The van der Waals surface area contributed by atoms with Gasteiger partial charge in [0.25, 0.3) is 0 Å². The van der Waals surface area contributed by atoms with Crippen LogP contribution in [0.4, 0.5) is 0 Å². The number of hydrogen-bond acceptors (Lipinski definition) is 1. The molecule has 1 N–H and O–H groups in total. The second kappa shape index (κ2) is 5.74. The van der Waals surface area contributed by atoms with Crippen LogP contribution in [-0.2, 0) is 6.54 Å². The van der Waals surface area contributed by atoms with Gasteiger partial charge in [0.05, 0.1) is 0 Å². The quantitative estimate of drug-likeness (QED) is 0.778. The molecule has 1 aromatic carbocycles. The summed E-state index contributed by atoms with van der Waals surface area (Å²) in [6.45, 7) is 5.13. The molecule has 0 aliphatic rings. The van der Waals surface area contributed by atoms with Gasteiger partial charge in [-0.1, -0.05) is 23.7 Å². The highest BCUT2D eigenvalue weighted by atomic mass is 35.5. The molecule has 3 heteroatoms. The first-order valence-electron chi connectivity index (χ1n) is 5.09. The first-order valence-corrected chi connectivity index (χ1v) is 6.00. The van der Waals surface area contributed by atoms with E-state index in [2.05, 4.69) is 25.2 Å². The Bertz CT molecular complexity index is 310.